The van der Waals surface area contributed by atoms with Crippen LogP contribution in [0.15, 0.2) is 29.4 Å². The van der Waals surface area contributed by atoms with E-state index in [1.54, 1.807) is 18.2 Å². The largest absolute Gasteiger partial charge is 0.411 e. The highest BCUT2D eigenvalue weighted by Gasteiger charge is 2.02. The number of rotatable bonds is 1. The number of H-pyrrole nitrogens is 1. The molecule has 0 fully saturated rings. The summed E-state index contributed by atoms with van der Waals surface area (Å²) in [5, 5.41) is 20.9. The number of nitrogens with zero attached hydrogens (tertiary/aromatic N) is 2. The standard InChI is InChI=1S/C10H7N3O/c11-5-7-2-1-3-10-9(7)4-8(13-10)6-12-14/h1-4,6,13-14H/b12-6+. The van der Waals surface area contributed by atoms with Crippen LogP contribution in [0, 0.1) is 11.3 Å². The monoisotopic (exact) mass is 185 g/mol. The molecule has 0 saturated carbocycles. The summed E-state index contributed by atoms with van der Waals surface area (Å²) in [4.78, 5) is 3.01. The number of nitriles is 1. The Bertz CT molecular complexity index is 534. The molecule has 2 aromatic rings. The van der Waals surface area contributed by atoms with Crippen molar-refractivity contribution in [1.82, 2.24) is 4.98 Å². The summed E-state index contributed by atoms with van der Waals surface area (Å²) in [5.74, 6) is 0. The summed E-state index contributed by atoms with van der Waals surface area (Å²) in [6.45, 7) is 0. The number of hydrogen-bond acceptors (Lipinski definition) is 3. The number of nitrogens with one attached hydrogen (secondary N) is 1. The van der Waals surface area contributed by atoms with Gasteiger partial charge in [-0.1, -0.05) is 11.2 Å². The summed E-state index contributed by atoms with van der Waals surface area (Å²) in [5.41, 5.74) is 2.14. The van der Waals surface area contributed by atoms with E-state index in [2.05, 4.69) is 16.2 Å². The predicted octanol–water partition coefficient (Wildman–Crippen LogP) is 1.85. The zero-order chi connectivity index (χ0) is 9.97. The molecule has 1 aromatic heterocycles. The van der Waals surface area contributed by atoms with E-state index < -0.39 is 0 Å². The van der Waals surface area contributed by atoms with Gasteiger partial charge in [0.2, 0.25) is 0 Å². The second kappa shape index (κ2) is 3.23. The highest BCUT2D eigenvalue weighted by atomic mass is 16.4. The third-order valence-corrected chi connectivity index (χ3v) is 2.00. The van der Waals surface area contributed by atoms with Gasteiger partial charge in [-0.3, -0.25) is 0 Å². The average molecular weight is 185 g/mol. The van der Waals surface area contributed by atoms with Gasteiger partial charge < -0.3 is 10.2 Å². The van der Waals surface area contributed by atoms with Crippen molar-refractivity contribution in [3.63, 3.8) is 0 Å². The molecular weight excluding hydrogens is 178 g/mol. The van der Waals surface area contributed by atoms with Crippen molar-refractivity contribution in [3.8, 4) is 6.07 Å². The van der Waals surface area contributed by atoms with Crippen LogP contribution in [0.4, 0.5) is 0 Å². The second-order valence-corrected chi connectivity index (χ2v) is 2.85. The van der Waals surface area contributed by atoms with Crippen molar-refractivity contribution < 1.29 is 5.21 Å². The number of aromatic amines is 1. The second-order valence-electron chi connectivity index (χ2n) is 2.85. The van der Waals surface area contributed by atoms with Crippen molar-refractivity contribution in [3.05, 3.63) is 35.5 Å². The third-order valence-electron chi connectivity index (χ3n) is 2.00. The first-order valence-electron chi connectivity index (χ1n) is 4.04. The van der Waals surface area contributed by atoms with Crippen LogP contribution >= 0.6 is 0 Å². The van der Waals surface area contributed by atoms with Crippen LogP contribution in [0.3, 0.4) is 0 Å². The lowest BCUT2D eigenvalue weighted by molar-refractivity contribution is 0.321. The number of hydrogen-bond donors (Lipinski definition) is 2. The topological polar surface area (TPSA) is 72.2 Å². The summed E-state index contributed by atoms with van der Waals surface area (Å²) < 4.78 is 0. The fourth-order valence-corrected chi connectivity index (χ4v) is 1.41. The molecule has 14 heavy (non-hydrogen) atoms. The Morgan fingerprint density at radius 3 is 3.07 bits per heavy atom. The highest BCUT2D eigenvalue weighted by molar-refractivity contribution is 5.92. The summed E-state index contributed by atoms with van der Waals surface area (Å²) >= 11 is 0. The Hall–Kier alpha value is -2.28. The van der Waals surface area contributed by atoms with Gasteiger partial charge in [-0.05, 0) is 18.2 Å². The van der Waals surface area contributed by atoms with E-state index in [9.17, 15) is 0 Å². The molecule has 0 aliphatic carbocycles. The minimum absolute atomic E-state index is 0.608. The highest BCUT2D eigenvalue weighted by Crippen LogP contribution is 2.18. The first-order chi connectivity index (χ1) is 6.85. The molecule has 0 saturated heterocycles. The molecule has 68 valence electrons. The molecule has 1 aromatic carbocycles. The molecule has 2 rings (SSSR count). The molecule has 0 amide bonds. The van der Waals surface area contributed by atoms with Crippen molar-refractivity contribution in [1.29, 1.82) is 5.26 Å². The molecule has 0 unspecified atom stereocenters. The quantitative estimate of drug-likeness (QED) is 0.404. The third kappa shape index (κ3) is 1.21. The van der Waals surface area contributed by atoms with E-state index in [1.165, 1.54) is 6.21 Å². The maximum Gasteiger partial charge on any atom is 0.0998 e. The van der Waals surface area contributed by atoms with Crippen molar-refractivity contribution >= 4 is 17.1 Å². The molecular formula is C10H7N3O. The zero-order valence-corrected chi connectivity index (χ0v) is 7.23. The van der Waals surface area contributed by atoms with Crippen LogP contribution in [-0.4, -0.2) is 16.4 Å². The Morgan fingerprint density at radius 2 is 2.36 bits per heavy atom. The fraction of sp³-hybridized carbons (Fsp3) is 0. The van der Waals surface area contributed by atoms with Crippen LogP contribution in [-0.2, 0) is 0 Å². The first-order valence-corrected chi connectivity index (χ1v) is 4.04. The lowest BCUT2D eigenvalue weighted by atomic mass is 10.1. The average Bonchev–Trinajstić information content (AvgIpc) is 2.60. The van der Waals surface area contributed by atoms with Gasteiger partial charge in [-0.15, -0.1) is 0 Å². The molecule has 0 aliphatic rings. The lowest BCUT2D eigenvalue weighted by Crippen LogP contribution is -1.77. The SMILES string of the molecule is N#Cc1cccc2[nH]c(/C=N/O)cc12. The molecule has 4 heteroatoms. The van der Waals surface area contributed by atoms with Gasteiger partial charge >= 0.3 is 0 Å². The number of aromatic nitrogens is 1. The number of fused-ring (bicyclic) bond motifs is 1. The van der Waals surface area contributed by atoms with Gasteiger partial charge in [0.15, 0.2) is 0 Å². The minimum atomic E-state index is 0.608. The Kier molecular flexibility index (Phi) is 1.92. The smallest absolute Gasteiger partial charge is 0.0998 e. The number of benzene rings is 1. The van der Waals surface area contributed by atoms with Crippen LogP contribution in [0.2, 0.25) is 0 Å². The normalized spacial score (nSPS) is 10.8. The van der Waals surface area contributed by atoms with Gasteiger partial charge in [0.1, 0.15) is 0 Å². The number of oxime groups is 1. The van der Waals surface area contributed by atoms with Crippen LogP contribution in [0.1, 0.15) is 11.3 Å². The van der Waals surface area contributed by atoms with Gasteiger partial charge in [0.25, 0.3) is 0 Å². The molecule has 0 aliphatic heterocycles. The van der Waals surface area contributed by atoms with E-state index >= 15 is 0 Å². The molecule has 1 heterocycles. The Balaban J connectivity index is 2.71. The van der Waals surface area contributed by atoms with Gasteiger partial charge in [0.05, 0.1) is 23.5 Å². The summed E-state index contributed by atoms with van der Waals surface area (Å²) in [6, 6.07) is 9.28. The molecule has 0 bridgehead atoms. The van der Waals surface area contributed by atoms with Gasteiger partial charge in [-0.2, -0.15) is 5.26 Å². The molecule has 0 spiro atoms. The van der Waals surface area contributed by atoms with E-state index in [0.29, 0.717) is 11.3 Å². The Morgan fingerprint density at radius 1 is 1.50 bits per heavy atom. The van der Waals surface area contributed by atoms with E-state index in [-0.39, 0.29) is 0 Å². The summed E-state index contributed by atoms with van der Waals surface area (Å²) in [7, 11) is 0. The van der Waals surface area contributed by atoms with Gasteiger partial charge in [0, 0.05) is 10.9 Å². The lowest BCUT2D eigenvalue weighted by Gasteiger charge is -1.89. The van der Waals surface area contributed by atoms with Gasteiger partial charge in [-0.25, -0.2) is 0 Å². The van der Waals surface area contributed by atoms with E-state index in [0.717, 1.165) is 10.9 Å². The Labute approximate surface area is 80.1 Å². The van der Waals surface area contributed by atoms with E-state index in [1.807, 2.05) is 6.07 Å². The predicted molar refractivity (Wildman–Crippen MR) is 52.4 cm³/mol. The van der Waals surface area contributed by atoms with E-state index in [4.69, 9.17) is 10.5 Å². The van der Waals surface area contributed by atoms with Crippen molar-refractivity contribution in [2.75, 3.05) is 0 Å². The molecule has 4 nitrogen and oxygen atoms in total. The zero-order valence-electron chi connectivity index (χ0n) is 7.23. The molecule has 0 atom stereocenters. The van der Waals surface area contributed by atoms with Crippen molar-refractivity contribution in [2.45, 2.75) is 0 Å². The molecule has 2 N–H and O–H groups in total. The maximum atomic E-state index is 8.83. The van der Waals surface area contributed by atoms with Crippen LogP contribution in [0.5, 0.6) is 0 Å². The van der Waals surface area contributed by atoms with Crippen LogP contribution < -0.4 is 0 Å². The minimum Gasteiger partial charge on any atom is -0.411 e. The first kappa shape index (κ1) is 8.32. The fourth-order valence-electron chi connectivity index (χ4n) is 1.41. The van der Waals surface area contributed by atoms with Crippen molar-refractivity contribution in [2.24, 2.45) is 5.16 Å². The summed E-state index contributed by atoms with van der Waals surface area (Å²) in [6.07, 6.45) is 1.29. The maximum absolute atomic E-state index is 8.83. The molecule has 0 radical (unpaired) electrons. The van der Waals surface area contributed by atoms with Crippen LogP contribution in [0.25, 0.3) is 10.9 Å².